The number of nitrogens with one attached hydrogen (secondary N) is 2. The maximum atomic E-state index is 12.7. The van der Waals surface area contributed by atoms with Crippen LogP contribution < -0.4 is 10.0 Å². The molecule has 31 heavy (non-hydrogen) atoms. The van der Waals surface area contributed by atoms with Gasteiger partial charge in [0, 0.05) is 31.6 Å². The van der Waals surface area contributed by atoms with Crippen LogP contribution in [0.1, 0.15) is 47.5 Å². The number of benzene rings is 1. The second-order valence-electron chi connectivity index (χ2n) is 8.06. The van der Waals surface area contributed by atoms with Gasteiger partial charge in [0.25, 0.3) is 5.91 Å². The number of amides is 2. The highest BCUT2D eigenvalue weighted by molar-refractivity contribution is 7.88. The van der Waals surface area contributed by atoms with Gasteiger partial charge >= 0.3 is 0 Å². The maximum absolute atomic E-state index is 12.7. The smallest absolute Gasteiger partial charge is 0.263 e. The van der Waals surface area contributed by atoms with Crippen LogP contribution in [0.3, 0.4) is 0 Å². The average molecular weight is 464 g/mol. The van der Waals surface area contributed by atoms with E-state index in [-0.39, 0.29) is 36.1 Å². The summed E-state index contributed by atoms with van der Waals surface area (Å²) in [6, 6.07) is 10.8. The number of carbonyl (C=O) groups excluding carboxylic acids is 2. The molecule has 168 valence electrons. The minimum Gasteiger partial charge on any atom is -0.352 e. The monoisotopic (exact) mass is 463 g/mol. The van der Waals surface area contributed by atoms with Crippen LogP contribution in [0.25, 0.3) is 0 Å². The van der Waals surface area contributed by atoms with E-state index in [1.807, 2.05) is 29.6 Å². The number of thiophene rings is 1. The zero-order valence-corrected chi connectivity index (χ0v) is 19.5. The zero-order valence-electron chi connectivity index (χ0n) is 17.8. The highest BCUT2D eigenvalue weighted by Gasteiger charge is 2.28. The summed E-state index contributed by atoms with van der Waals surface area (Å²) in [5, 5.41) is 4.84. The summed E-state index contributed by atoms with van der Waals surface area (Å²) in [6.07, 6.45) is 1.24. The molecule has 0 spiro atoms. The van der Waals surface area contributed by atoms with Crippen LogP contribution >= 0.6 is 11.3 Å². The number of rotatable bonds is 8. The summed E-state index contributed by atoms with van der Waals surface area (Å²) in [7, 11) is -3.45. The van der Waals surface area contributed by atoms with Crippen molar-refractivity contribution in [2.45, 2.75) is 45.0 Å². The molecule has 9 heteroatoms. The first-order chi connectivity index (χ1) is 14.7. The van der Waals surface area contributed by atoms with Gasteiger partial charge in [-0.1, -0.05) is 30.3 Å². The number of carbonyl (C=O) groups is 2. The third-order valence-corrected chi connectivity index (χ3v) is 7.60. The molecule has 0 saturated carbocycles. The summed E-state index contributed by atoms with van der Waals surface area (Å²) in [5.74, 6) is -0.299. The van der Waals surface area contributed by atoms with E-state index in [0.29, 0.717) is 31.5 Å². The fourth-order valence-electron chi connectivity index (χ4n) is 3.70. The Bertz CT molecular complexity index is 996. The van der Waals surface area contributed by atoms with Gasteiger partial charge in [0.1, 0.15) is 0 Å². The molecule has 2 heterocycles. The molecule has 2 aromatic rings. The molecule has 1 aliphatic heterocycles. The normalized spacial score (nSPS) is 15.3. The lowest BCUT2D eigenvalue weighted by Crippen LogP contribution is -2.42. The summed E-state index contributed by atoms with van der Waals surface area (Å²) < 4.78 is 27.2. The van der Waals surface area contributed by atoms with Gasteiger partial charge in [-0.15, -0.1) is 11.3 Å². The summed E-state index contributed by atoms with van der Waals surface area (Å²) >= 11 is 1.43. The Kier molecular flexibility index (Phi) is 7.85. The maximum Gasteiger partial charge on any atom is 0.263 e. The molecule has 0 atom stereocenters. The van der Waals surface area contributed by atoms with E-state index >= 15 is 0 Å². The molecule has 1 saturated heterocycles. The van der Waals surface area contributed by atoms with Crippen molar-refractivity contribution in [3.8, 4) is 0 Å². The quantitative estimate of drug-likeness (QED) is 0.629. The van der Waals surface area contributed by atoms with E-state index in [9.17, 15) is 18.0 Å². The molecule has 0 aliphatic carbocycles. The topological polar surface area (TPSA) is 95.6 Å². The predicted molar refractivity (Wildman–Crippen MR) is 122 cm³/mol. The number of hydrogen-bond acceptors (Lipinski definition) is 5. The van der Waals surface area contributed by atoms with Crippen LogP contribution in [0, 0.1) is 5.92 Å². The second-order valence-corrected chi connectivity index (χ2v) is 10.8. The van der Waals surface area contributed by atoms with Crippen molar-refractivity contribution in [2.24, 2.45) is 5.92 Å². The standard InChI is InChI=1S/C22H29N3O4S2/c1-16(2)24-31(28,29)15-19-7-4-3-6-18(19)14-23-21(26)17-9-11-25(12-10-17)22(27)20-8-5-13-30-20/h3-8,13,16-17,24H,9-12,14-15H2,1-2H3,(H,23,26). The lowest BCUT2D eigenvalue weighted by molar-refractivity contribution is -0.126. The van der Waals surface area contributed by atoms with Crippen molar-refractivity contribution < 1.29 is 18.0 Å². The van der Waals surface area contributed by atoms with Gasteiger partial charge in [-0.25, -0.2) is 13.1 Å². The number of likely N-dealkylation sites (tertiary alicyclic amines) is 1. The van der Waals surface area contributed by atoms with Gasteiger partial charge < -0.3 is 10.2 Å². The minimum atomic E-state index is -3.45. The van der Waals surface area contributed by atoms with Gasteiger partial charge in [0.05, 0.1) is 10.6 Å². The molecule has 1 fully saturated rings. The fourth-order valence-corrected chi connectivity index (χ4v) is 5.89. The Morgan fingerprint density at radius 1 is 1.10 bits per heavy atom. The van der Waals surface area contributed by atoms with Crippen molar-refractivity contribution in [1.82, 2.24) is 14.9 Å². The lowest BCUT2D eigenvalue weighted by atomic mass is 9.95. The van der Waals surface area contributed by atoms with Crippen LogP contribution in [0.4, 0.5) is 0 Å². The molecule has 7 nitrogen and oxygen atoms in total. The largest absolute Gasteiger partial charge is 0.352 e. The zero-order chi connectivity index (χ0) is 22.4. The van der Waals surface area contributed by atoms with Crippen LogP contribution in [0.15, 0.2) is 41.8 Å². The van der Waals surface area contributed by atoms with E-state index < -0.39 is 10.0 Å². The van der Waals surface area contributed by atoms with Crippen LogP contribution in [-0.4, -0.2) is 44.3 Å². The molecule has 1 aromatic heterocycles. The Labute approximate surface area is 187 Å². The Morgan fingerprint density at radius 3 is 2.39 bits per heavy atom. The van der Waals surface area contributed by atoms with Crippen molar-refractivity contribution in [3.05, 3.63) is 57.8 Å². The van der Waals surface area contributed by atoms with Crippen molar-refractivity contribution in [2.75, 3.05) is 13.1 Å². The van der Waals surface area contributed by atoms with Crippen LogP contribution in [0.2, 0.25) is 0 Å². The molecule has 1 aliphatic rings. The first kappa shape index (κ1) is 23.4. The number of sulfonamides is 1. The lowest BCUT2D eigenvalue weighted by Gasteiger charge is -2.31. The van der Waals surface area contributed by atoms with E-state index in [1.54, 1.807) is 30.9 Å². The molecule has 2 amide bonds. The third-order valence-electron chi connectivity index (χ3n) is 5.22. The first-order valence-corrected chi connectivity index (χ1v) is 13.0. The number of hydrogen-bond donors (Lipinski definition) is 2. The van der Waals surface area contributed by atoms with E-state index in [0.717, 1.165) is 10.4 Å². The Morgan fingerprint density at radius 2 is 1.77 bits per heavy atom. The Balaban J connectivity index is 1.53. The SMILES string of the molecule is CC(C)NS(=O)(=O)Cc1ccccc1CNC(=O)C1CCN(C(=O)c2cccs2)CC1. The molecule has 0 unspecified atom stereocenters. The van der Waals surface area contributed by atoms with E-state index in [4.69, 9.17) is 0 Å². The van der Waals surface area contributed by atoms with Crippen molar-refractivity contribution in [3.63, 3.8) is 0 Å². The highest BCUT2D eigenvalue weighted by Crippen LogP contribution is 2.21. The van der Waals surface area contributed by atoms with E-state index in [1.165, 1.54) is 11.3 Å². The molecular weight excluding hydrogens is 434 g/mol. The summed E-state index contributed by atoms with van der Waals surface area (Å²) in [4.78, 5) is 27.7. The summed E-state index contributed by atoms with van der Waals surface area (Å²) in [5.41, 5.74) is 1.46. The first-order valence-electron chi connectivity index (χ1n) is 10.4. The molecule has 3 rings (SSSR count). The van der Waals surface area contributed by atoms with Crippen LogP contribution in [-0.2, 0) is 27.1 Å². The van der Waals surface area contributed by atoms with Gasteiger partial charge in [-0.3, -0.25) is 9.59 Å². The van der Waals surface area contributed by atoms with Crippen molar-refractivity contribution >= 4 is 33.2 Å². The minimum absolute atomic E-state index is 0.0269. The molecule has 1 aromatic carbocycles. The highest BCUT2D eigenvalue weighted by atomic mass is 32.2. The average Bonchev–Trinajstić information content (AvgIpc) is 3.26. The molecule has 0 bridgehead atoms. The Hall–Kier alpha value is -2.23. The number of nitrogens with zero attached hydrogens (tertiary/aromatic N) is 1. The van der Waals surface area contributed by atoms with E-state index in [2.05, 4.69) is 10.0 Å². The summed E-state index contributed by atoms with van der Waals surface area (Å²) in [6.45, 7) is 4.96. The second kappa shape index (κ2) is 10.4. The predicted octanol–water partition coefficient (Wildman–Crippen LogP) is 2.74. The van der Waals surface area contributed by atoms with Crippen molar-refractivity contribution in [1.29, 1.82) is 0 Å². The third kappa shape index (κ3) is 6.62. The van der Waals surface area contributed by atoms with Gasteiger partial charge in [-0.05, 0) is 49.3 Å². The van der Waals surface area contributed by atoms with Gasteiger partial charge in [-0.2, -0.15) is 0 Å². The molecular formula is C22H29N3O4S2. The van der Waals surface area contributed by atoms with Gasteiger partial charge in [0.15, 0.2) is 0 Å². The number of piperidine rings is 1. The van der Waals surface area contributed by atoms with Gasteiger partial charge in [0.2, 0.25) is 15.9 Å². The fraction of sp³-hybridized carbons (Fsp3) is 0.455. The molecule has 0 radical (unpaired) electrons. The van der Waals surface area contributed by atoms with Crippen LogP contribution in [0.5, 0.6) is 0 Å². The molecule has 2 N–H and O–H groups in total.